The highest BCUT2D eigenvalue weighted by Gasteiger charge is 2.45. The van der Waals surface area contributed by atoms with E-state index in [-0.39, 0.29) is 25.3 Å². The molecule has 0 bridgehead atoms. The van der Waals surface area contributed by atoms with Crippen molar-refractivity contribution in [2.24, 2.45) is 10.8 Å². The van der Waals surface area contributed by atoms with Crippen LogP contribution in [-0.2, 0) is 43.2 Å². The molecule has 5 amide bonds. The van der Waals surface area contributed by atoms with Crippen LogP contribution < -0.4 is 16.0 Å². The van der Waals surface area contributed by atoms with Crippen molar-refractivity contribution in [1.82, 2.24) is 30.7 Å². The molecule has 1 fully saturated rings. The van der Waals surface area contributed by atoms with Crippen LogP contribution in [-0.4, -0.2) is 102 Å². The lowest BCUT2D eigenvalue weighted by atomic mass is 9.84. The van der Waals surface area contributed by atoms with E-state index in [4.69, 9.17) is 14.2 Å². The summed E-state index contributed by atoms with van der Waals surface area (Å²) < 4.78 is 15.9. The number of methoxy groups -OCH3 is 2. The number of amides is 5. The van der Waals surface area contributed by atoms with Crippen LogP contribution in [0.25, 0.3) is 11.3 Å². The number of pyridine rings is 1. The minimum absolute atomic E-state index is 0.0172. The molecule has 1 aliphatic heterocycles. The van der Waals surface area contributed by atoms with Crippen LogP contribution in [0.2, 0.25) is 0 Å². The minimum Gasteiger partial charge on any atom is -0.453 e. The van der Waals surface area contributed by atoms with Gasteiger partial charge >= 0.3 is 18.3 Å². The van der Waals surface area contributed by atoms with Crippen LogP contribution in [0.3, 0.4) is 0 Å². The van der Waals surface area contributed by atoms with Gasteiger partial charge in [-0.3, -0.25) is 14.6 Å². The SMILES string of the molecule is COC(=O)N[C@H](C(=O)N[C@@H](Cc1ccc(-c2ccccn2)cc1)C[C@H](OC(=O)OC)[C@H](Cc1ccccc1)NC(=O)[C@@H](N1CCN(Cc2ccccc2)C1=O)C(C)(C)C)C(C)(C)C. The van der Waals surface area contributed by atoms with Crippen LogP contribution >= 0.6 is 0 Å². The summed E-state index contributed by atoms with van der Waals surface area (Å²) in [5.41, 5.74) is 2.96. The van der Waals surface area contributed by atoms with Crippen molar-refractivity contribution >= 4 is 30.1 Å². The highest BCUT2D eigenvalue weighted by atomic mass is 16.7. The second-order valence-corrected chi connectivity index (χ2v) is 18.1. The van der Waals surface area contributed by atoms with Crippen LogP contribution in [0.5, 0.6) is 0 Å². The molecule has 4 aromatic rings. The summed E-state index contributed by atoms with van der Waals surface area (Å²) in [5.74, 6) is -0.901. The Bertz CT molecular complexity index is 2120. The largest absolute Gasteiger partial charge is 0.508 e. The molecule has 14 heteroatoms. The van der Waals surface area contributed by atoms with Gasteiger partial charge in [-0.25, -0.2) is 14.4 Å². The molecular formula is C49H62N6O8. The minimum atomic E-state index is -1.06. The highest BCUT2D eigenvalue weighted by Crippen LogP contribution is 2.30. The molecule has 1 aliphatic rings. The van der Waals surface area contributed by atoms with E-state index in [1.54, 1.807) is 16.0 Å². The molecule has 5 rings (SSSR count). The van der Waals surface area contributed by atoms with Crippen molar-refractivity contribution in [3.05, 3.63) is 126 Å². The average Bonchev–Trinajstić information content (AvgIpc) is 3.60. The topological polar surface area (TPSA) is 169 Å². The zero-order valence-electron chi connectivity index (χ0n) is 37.6. The van der Waals surface area contributed by atoms with Crippen LogP contribution in [0.15, 0.2) is 109 Å². The molecule has 0 radical (unpaired) electrons. The monoisotopic (exact) mass is 862 g/mol. The van der Waals surface area contributed by atoms with Crippen LogP contribution in [0, 0.1) is 10.8 Å². The lowest BCUT2D eigenvalue weighted by Crippen LogP contribution is -2.60. The summed E-state index contributed by atoms with van der Waals surface area (Å²) in [5, 5.41) is 9.03. The zero-order chi connectivity index (χ0) is 45.7. The van der Waals surface area contributed by atoms with Crippen molar-refractivity contribution in [2.75, 3.05) is 27.3 Å². The van der Waals surface area contributed by atoms with Gasteiger partial charge in [-0.2, -0.15) is 0 Å². The van der Waals surface area contributed by atoms with Crippen molar-refractivity contribution in [1.29, 1.82) is 0 Å². The first kappa shape index (κ1) is 47.6. The number of urea groups is 1. The number of nitrogens with zero attached hydrogens (tertiary/aromatic N) is 3. The fourth-order valence-electron chi connectivity index (χ4n) is 7.91. The van der Waals surface area contributed by atoms with Gasteiger partial charge in [-0.15, -0.1) is 0 Å². The van der Waals surface area contributed by atoms with Gasteiger partial charge in [0.05, 0.1) is 26.0 Å². The molecular weight excluding hydrogens is 801 g/mol. The Kier molecular flexibility index (Phi) is 16.3. The lowest BCUT2D eigenvalue weighted by Gasteiger charge is -2.39. The molecule has 3 aromatic carbocycles. The van der Waals surface area contributed by atoms with Gasteiger partial charge in [0.15, 0.2) is 0 Å². The van der Waals surface area contributed by atoms with E-state index in [0.29, 0.717) is 19.6 Å². The molecule has 14 nitrogen and oxygen atoms in total. The van der Waals surface area contributed by atoms with Gasteiger partial charge in [0.25, 0.3) is 0 Å². The van der Waals surface area contributed by atoms with E-state index >= 15 is 0 Å². The second kappa shape index (κ2) is 21.6. The fraction of sp³-hybridized carbons (Fsp3) is 0.429. The molecule has 1 saturated heterocycles. The van der Waals surface area contributed by atoms with Gasteiger partial charge in [0.1, 0.15) is 18.2 Å². The van der Waals surface area contributed by atoms with Crippen molar-refractivity contribution in [3.8, 4) is 11.3 Å². The summed E-state index contributed by atoms with van der Waals surface area (Å²) in [7, 11) is 2.43. The first-order valence-electron chi connectivity index (χ1n) is 21.3. The predicted molar refractivity (Wildman–Crippen MR) is 240 cm³/mol. The fourth-order valence-corrected chi connectivity index (χ4v) is 7.91. The van der Waals surface area contributed by atoms with Gasteiger partial charge in [0.2, 0.25) is 11.8 Å². The molecule has 336 valence electrons. The van der Waals surface area contributed by atoms with Crippen LogP contribution in [0.4, 0.5) is 14.4 Å². The normalized spacial score (nSPS) is 15.3. The molecule has 3 N–H and O–H groups in total. The number of carbonyl (C=O) groups excluding carboxylic acids is 5. The Morgan fingerprint density at radius 1 is 0.683 bits per heavy atom. The number of carbonyl (C=O) groups is 5. The molecule has 1 aromatic heterocycles. The van der Waals surface area contributed by atoms with Crippen molar-refractivity contribution < 1.29 is 38.2 Å². The van der Waals surface area contributed by atoms with E-state index in [9.17, 15) is 24.0 Å². The Labute approximate surface area is 371 Å². The Morgan fingerprint density at radius 3 is 1.87 bits per heavy atom. The lowest BCUT2D eigenvalue weighted by molar-refractivity contribution is -0.131. The standard InChI is InChI=1S/C49H62N6O8/c1-48(2,3)41(53-45(58)61-7)43(56)51-37(29-34-22-24-36(25-23-34)38-21-15-16-26-50-38)31-40(63-47(60)62-8)39(30-33-17-11-9-12-18-33)52-44(57)42(49(4,5)6)55-28-27-54(46(55)59)32-35-19-13-10-14-20-35/h9-26,37,39-42H,27-32H2,1-8H3,(H,51,56)(H,52,57)(H,53,58)/t37-,39-,40-,41+,42+/m0/s1. The number of nitrogens with one attached hydrogen (secondary N) is 3. The highest BCUT2D eigenvalue weighted by molar-refractivity contribution is 5.89. The smallest absolute Gasteiger partial charge is 0.453 e. The van der Waals surface area contributed by atoms with E-state index < -0.39 is 65.2 Å². The van der Waals surface area contributed by atoms with Gasteiger partial charge < -0.3 is 40.0 Å². The van der Waals surface area contributed by atoms with E-state index in [0.717, 1.165) is 27.9 Å². The maximum atomic E-state index is 14.9. The van der Waals surface area contributed by atoms with Gasteiger partial charge in [0, 0.05) is 43.9 Å². The Morgan fingerprint density at radius 2 is 1.30 bits per heavy atom. The number of aromatic nitrogens is 1. The van der Waals surface area contributed by atoms with Crippen LogP contribution in [0.1, 0.15) is 64.7 Å². The number of alkyl carbamates (subject to hydrolysis) is 1. The summed E-state index contributed by atoms with van der Waals surface area (Å²) in [4.78, 5) is 76.6. The molecule has 0 aliphatic carbocycles. The molecule has 2 heterocycles. The Hall–Kier alpha value is -6.44. The molecule has 5 atom stereocenters. The number of benzene rings is 3. The summed E-state index contributed by atoms with van der Waals surface area (Å²) >= 11 is 0. The summed E-state index contributed by atoms with van der Waals surface area (Å²) in [6, 6.07) is 28.9. The predicted octanol–water partition coefficient (Wildman–Crippen LogP) is 7.17. The average molecular weight is 863 g/mol. The second-order valence-electron chi connectivity index (χ2n) is 18.1. The molecule has 0 saturated carbocycles. The molecule has 0 unspecified atom stereocenters. The maximum Gasteiger partial charge on any atom is 0.508 e. The van der Waals surface area contributed by atoms with E-state index in [1.807, 2.05) is 145 Å². The first-order valence-corrected chi connectivity index (χ1v) is 21.3. The third-order valence-electron chi connectivity index (χ3n) is 11.0. The quantitative estimate of drug-likeness (QED) is 0.0933. The third kappa shape index (κ3) is 13.5. The summed E-state index contributed by atoms with van der Waals surface area (Å²) in [6.07, 6.45) is -0.557. The van der Waals surface area contributed by atoms with Gasteiger partial charge in [-0.05, 0) is 52.5 Å². The van der Waals surface area contributed by atoms with Gasteiger partial charge in [-0.1, -0.05) is 133 Å². The van der Waals surface area contributed by atoms with Crippen molar-refractivity contribution in [3.63, 3.8) is 0 Å². The first-order chi connectivity index (χ1) is 30.0. The summed E-state index contributed by atoms with van der Waals surface area (Å²) in [6.45, 7) is 12.4. The number of hydrogen-bond donors (Lipinski definition) is 3. The van der Waals surface area contributed by atoms with Crippen molar-refractivity contribution in [2.45, 2.75) is 97.6 Å². The maximum absolute atomic E-state index is 14.9. The number of hydrogen-bond acceptors (Lipinski definition) is 9. The Balaban J connectivity index is 1.51. The van der Waals surface area contributed by atoms with E-state index in [1.165, 1.54) is 14.2 Å². The molecule has 63 heavy (non-hydrogen) atoms. The molecule has 0 spiro atoms. The third-order valence-corrected chi connectivity index (χ3v) is 11.0. The number of ether oxygens (including phenoxy) is 3. The zero-order valence-corrected chi connectivity index (χ0v) is 37.6. The van der Waals surface area contributed by atoms with E-state index in [2.05, 4.69) is 20.9 Å². The number of rotatable bonds is 17.